The van der Waals surface area contributed by atoms with E-state index in [0.29, 0.717) is 6.54 Å². The molecule has 3 aromatic rings. The third kappa shape index (κ3) is 4.31. The number of carbonyl (C=O) groups is 1. The van der Waals surface area contributed by atoms with E-state index in [1.54, 1.807) is 28.2 Å². The summed E-state index contributed by atoms with van der Waals surface area (Å²) in [6, 6.07) is 13.6. The van der Waals surface area contributed by atoms with Gasteiger partial charge >= 0.3 is 0 Å². The van der Waals surface area contributed by atoms with Gasteiger partial charge in [-0.05, 0) is 17.0 Å². The van der Waals surface area contributed by atoms with Crippen molar-refractivity contribution in [2.45, 2.75) is 19.2 Å². The highest BCUT2D eigenvalue weighted by atomic mass is 32.1. The number of imidazole rings is 1. The molecule has 3 rings (SSSR count). The van der Waals surface area contributed by atoms with Gasteiger partial charge in [0.05, 0.1) is 12.9 Å². The highest BCUT2D eigenvalue weighted by molar-refractivity contribution is 7.10. The van der Waals surface area contributed by atoms with E-state index in [2.05, 4.69) is 4.98 Å². The maximum absolute atomic E-state index is 12.7. The summed E-state index contributed by atoms with van der Waals surface area (Å²) in [4.78, 5) is 19.2. The Labute approximate surface area is 144 Å². The molecule has 5 nitrogen and oxygen atoms in total. The van der Waals surface area contributed by atoms with E-state index in [4.69, 9.17) is 0 Å². The van der Waals surface area contributed by atoms with Crippen molar-refractivity contribution >= 4 is 17.2 Å². The van der Waals surface area contributed by atoms with Crippen LogP contribution in [0.2, 0.25) is 0 Å². The Morgan fingerprint density at radius 2 is 2.08 bits per heavy atom. The number of aromatic nitrogens is 2. The summed E-state index contributed by atoms with van der Waals surface area (Å²) in [6.07, 6.45) is 4.35. The predicted molar refractivity (Wildman–Crippen MR) is 93.4 cm³/mol. The van der Waals surface area contributed by atoms with Crippen LogP contribution in [0, 0.1) is 0 Å². The number of amides is 1. The van der Waals surface area contributed by atoms with Crippen LogP contribution in [0.15, 0.2) is 66.6 Å². The average Bonchev–Trinajstić information content (AvgIpc) is 3.29. The van der Waals surface area contributed by atoms with E-state index in [9.17, 15) is 9.90 Å². The molecule has 1 N–H and O–H groups in total. The van der Waals surface area contributed by atoms with Crippen LogP contribution in [0.4, 0.5) is 0 Å². The number of nitrogens with zero attached hydrogens (tertiary/aromatic N) is 3. The zero-order valence-corrected chi connectivity index (χ0v) is 14.0. The lowest BCUT2D eigenvalue weighted by Gasteiger charge is -2.25. The van der Waals surface area contributed by atoms with Gasteiger partial charge in [-0.2, -0.15) is 0 Å². The summed E-state index contributed by atoms with van der Waals surface area (Å²) in [6.45, 7) is 0.948. The number of aliphatic hydroxyl groups is 1. The summed E-state index contributed by atoms with van der Waals surface area (Å²) in [5.41, 5.74) is 1.04. The zero-order valence-electron chi connectivity index (χ0n) is 13.2. The van der Waals surface area contributed by atoms with Gasteiger partial charge < -0.3 is 14.6 Å². The van der Waals surface area contributed by atoms with Crippen molar-refractivity contribution in [2.75, 3.05) is 6.54 Å². The maximum atomic E-state index is 12.7. The zero-order chi connectivity index (χ0) is 16.8. The molecule has 0 aliphatic carbocycles. The number of aliphatic hydroxyl groups excluding tert-OH is 1. The second kappa shape index (κ2) is 7.90. The van der Waals surface area contributed by atoms with E-state index in [0.717, 1.165) is 10.4 Å². The first-order valence-electron chi connectivity index (χ1n) is 7.71. The number of hydrogen-bond donors (Lipinski definition) is 1. The van der Waals surface area contributed by atoms with Crippen molar-refractivity contribution in [2.24, 2.45) is 0 Å². The van der Waals surface area contributed by atoms with E-state index in [1.807, 2.05) is 47.8 Å². The quantitative estimate of drug-likeness (QED) is 0.719. The molecule has 0 saturated heterocycles. The highest BCUT2D eigenvalue weighted by Crippen LogP contribution is 2.21. The van der Waals surface area contributed by atoms with Gasteiger partial charge in [0, 0.05) is 23.8 Å². The molecule has 124 valence electrons. The molecule has 0 aliphatic rings. The van der Waals surface area contributed by atoms with Crippen molar-refractivity contribution < 1.29 is 9.90 Å². The lowest BCUT2D eigenvalue weighted by molar-refractivity contribution is -0.134. The first kappa shape index (κ1) is 16.4. The lowest BCUT2D eigenvalue weighted by atomic mass is 10.2. The largest absolute Gasteiger partial charge is 0.386 e. The topological polar surface area (TPSA) is 58.4 Å². The van der Waals surface area contributed by atoms with Crippen LogP contribution in [0.1, 0.15) is 16.5 Å². The molecule has 0 bridgehead atoms. The second-order valence-electron chi connectivity index (χ2n) is 5.53. The summed E-state index contributed by atoms with van der Waals surface area (Å²) in [5.74, 6) is -0.0486. The molecular formula is C18H19N3O2S. The first-order valence-corrected chi connectivity index (χ1v) is 8.59. The smallest absolute Gasteiger partial charge is 0.242 e. The normalized spacial score (nSPS) is 12.0. The Hall–Kier alpha value is -2.44. The van der Waals surface area contributed by atoms with Gasteiger partial charge in [0.2, 0.25) is 5.91 Å². The molecule has 0 aliphatic heterocycles. The van der Waals surface area contributed by atoms with Crippen LogP contribution >= 0.6 is 11.3 Å². The minimum absolute atomic E-state index is 0.0486. The molecule has 6 heteroatoms. The standard InChI is InChI=1S/C18H19N3O2S/c22-16(17-7-4-10-24-17)12-21(11-15-5-2-1-3-6-15)18(23)13-20-9-8-19-14-20/h1-10,14,16,22H,11-13H2. The summed E-state index contributed by atoms with van der Waals surface area (Å²) in [5, 5.41) is 12.4. The monoisotopic (exact) mass is 341 g/mol. The molecular weight excluding hydrogens is 322 g/mol. The van der Waals surface area contributed by atoms with Crippen LogP contribution in [0.25, 0.3) is 0 Å². The number of hydrogen-bond acceptors (Lipinski definition) is 4. The van der Waals surface area contributed by atoms with Crippen LogP contribution in [-0.4, -0.2) is 32.0 Å². The van der Waals surface area contributed by atoms with Crippen LogP contribution in [0.3, 0.4) is 0 Å². The maximum Gasteiger partial charge on any atom is 0.242 e. The van der Waals surface area contributed by atoms with E-state index in [-0.39, 0.29) is 19.0 Å². The molecule has 2 aromatic heterocycles. The second-order valence-corrected chi connectivity index (χ2v) is 6.51. The third-order valence-corrected chi connectivity index (χ3v) is 4.68. The van der Waals surface area contributed by atoms with Gasteiger partial charge in [-0.25, -0.2) is 4.98 Å². The van der Waals surface area contributed by atoms with Crippen LogP contribution in [-0.2, 0) is 17.9 Å². The van der Waals surface area contributed by atoms with E-state index in [1.165, 1.54) is 11.3 Å². The molecule has 1 atom stereocenters. The minimum atomic E-state index is -0.680. The van der Waals surface area contributed by atoms with Crippen molar-refractivity contribution in [3.05, 3.63) is 77.0 Å². The number of benzene rings is 1. The summed E-state index contributed by atoms with van der Waals surface area (Å²) >= 11 is 1.49. The minimum Gasteiger partial charge on any atom is -0.386 e. The fourth-order valence-electron chi connectivity index (χ4n) is 2.47. The third-order valence-electron chi connectivity index (χ3n) is 3.71. The van der Waals surface area contributed by atoms with Gasteiger partial charge in [0.15, 0.2) is 0 Å². The molecule has 0 saturated carbocycles. The van der Waals surface area contributed by atoms with Crippen LogP contribution in [0.5, 0.6) is 0 Å². The fourth-order valence-corrected chi connectivity index (χ4v) is 3.18. The SMILES string of the molecule is O=C(Cn1ccnc1)N(Cc1ccccc1)CC(O)c1cccs1. The lowest BCUT2D eigenvalue weighted by Crippen LogP contribution is -2.36. The van der Waals surface area contributed by atoms with Crippen LogP contribution < -0.4 is 0 Å². The molecule has 0 fully saturated rings. The van der Waals surface area contributed by atoms with Crippen molar-refractivity contribution in [1.29, 1.82) is 0 Å². The van der Waals surface area contributed by atoms with Crippen molar-refractivity contribution in [3.8, 4) is 0 Å². The molecule has 0 radical (unpaired) electrons. The average molecular weight is 341 g/mol. The highest BCUT2D eigenvalue weighted by Gasteiger charge is 2.20. The Kier molecular flexibility index (Phi) is 5.40. The van der Waals surface area contributed by atoms with Crippen molar-refractivity contribution in [1.82, 2.24) is 14.5 Å². The van der Waals surface area contributed by atoms with Gasteiger partial charge in [-0.3, -0.25) is 4.79 Å². The van der Waals surface area contributed by atoms with Gasteiger partial charge in [0.1, 0.15) is 12.6 Å². The van der Waals surface area contributed by atoms with Gasteiger partial charge in [-0.1, -0.05) is 36.4 Å². The summed E-state index contributed by atoms with van der Waals surface area (Å²) < 4.78 is 1.73. The Bertz CT molecular complexity index is 742. The molecule has 1 aromatic carbocycles. The van der Waals surface area contributed by atoms with Gasteiger partial charge in [-0.15, -0.1) is 11.3 Å². The van der Waals surface area contributed by atoms with E-state index < -0.39 is 6.10 Å². The Balaban J connectivity index is 1.73. The van der Waals surface area contributed by atoms with E-state index >= 15 is 0 Å². The van der Waals surface area contributed by atoms with Crippen molar-refractivity contribution in [3.63, 3.8) is 0 Å². The predicted octanol–water partition coefficient (Wildman–Crippen LogP) is 2.71. The molecule has 2 heterocycles. The number of rotatable bonds is 7. The molecule has 1 unspecified atom stereocenters. The number of thiophene rings is 1. The molecule has 24 heavy (non-hydrogen) atoms. The first-order chi connectivity index (χ1) is 11.7. The molecule has 0 spiro atoms. The molecule has 1 amide bonds. The fraction of sp³-hybridized carbons (Fsp3) is 0.222. The Morgan fingerprint density at radius 3 is 2.75 bits per heavy atom. The summed E-state index contributed by atoms with van der Waals surface area (Å²) in [7, 11) is 0. The number of carbonyl (C=O) groups excluding carboxylic acids is 1. The van der Waals surface area contributed by atoms with Gasteiger partial charge in [0.25, 0.3) is 0 Å². The Morgan fingerprint density at radius 1 is 1.25 bits per heavy atom.